The number of para-hydroxylation sites is 1. The van der Waals surface area contributed by atoms with Gasteiger partial charge in [0.15, 0.2) is 0 Å². The molecule has 76 valence electrons. The molecule has 0 fully saturated rings. The first-order chi connectivity index (χ1) is 6.70. The minimum Gasteiger partial charge on any atom is -0.361 e. The number of primary amides is 1. The van der Waals surface area contributed by atoms with Gasteiger partial charge >= 0.3 is 11.8 Å². The summed E-state index contributed by atoms with van der Waals surface area (Å²) in [6, 6.07) is 8.63. The molecule has 0 heterocycles. The van der Waals surface area contributed by atoms with Gasteiger partial charge in [0.25, 0.3) is 0 Å². The second kappa shape index (κ2) is 6.65. The van der Waals surface area contributed by atoms with Crippen LogP contribution < -0.4 is 11.1 Å². The van der Waals surface area contributed by atoms with E-state index in [9.17, 15) is 9.59 Å². The fourth-order valence-corrected chi connectivity index (χ4v) is 0.714. The second-order valence-electron chi connectivity index (χ2n) is 2.18. The van der Waals surface area contributed by atoms with E-state index in [1.54, 1.807) is 30.3 Å². The zero-order chi connectivity index (χ0) is 11.0. The van der Waals surface area contributed by atoms with Crippen LogP contribution in [0.15, 0.2) is 30.3 Å². The number of rotatable bonds is 1. The first-order valence-electron chi connectivity index (χ1n) is 4.36. The average Bonchev–Trinajstić information content (AvgIpc) is 2.22. The molecule has 14 heavy (non-hydrogen) atoms. The average molecular weight is 194 g/mol. The molecular formula is C10H14N2O2. The molecule has 0 atom stereocenters. The van der Waals surface area contributed by atoms with Crippen LogP contribution >= 0.6 is 0 Å². The molecule has 0 bridgehead atoms. The van der Waals surface area contributed by atoms with Crippen LogP contribution in [0.3, 0.4) is 0 Å². The molecule has 1 aromatic carbocycles. The summed E-state index contributed by atoms with van der Waals surface area (Å²) in [7, 11) is 0. The van der Waals surface area contributed by atoms with Crippen LogP contribution in [-0.4, -0.2) is 11.8 Å². The highest BCUT2D eigenvalue weighted by molar-refractivity contribution is 6.39. The van der Waals surface area contributed by atoms with Crippen molar-refractivity contribution in [2.75, 3.05) is 5.32 Å². The van der Waals surface area contributed by atoms with E-state index in [0.717, 1.165) is 0 Å². The maximum atomic E-state index is 10.7. The summed E-state index contributed by atoms with van der Waals surface area (Å²) in [4.78, 5) is 21.0. The number of carbonyl (C=O) groups is 2. The molecule has 0 aliphatic carbocycles. The number of benzene rings is 1. The molecule has 0 radical (unpaired) electrons. The Balaban J connectivity index is 0.000000791. The normalized spacial score (nSPS) is 8.14. The van der Waals surface area contributed by atoms with Gasteiger partial charge in [-0.05, 0) is 12.1 Å². The Morgan fingerprint density at radius 2 is 1.64 bits per heavy atom. The standard InChI is InChI=1S/C8H8N2O2.C2H6/c9-7(11)8(12)10-6-4-2-1-3-5-6;1-2/h1-5H,(H2,9,11)(H,10,12);1-2H3. The lowest BCUT2D eigenvalue weighted by Crippen LogP contribution is -2.29. The lowest BCUT2D eigenvalue weighted by molar-refractivity contribution is -0.134. The summed E-state index contributed by atoms with van der Waals surface area (Å²) in [5, 5.41) is 2.33. The van der Waals surface area contributed by atoms with E-state index in [1.807, 2.05) is 13.8 Å². The highest BCUT2D eigenvalue weighted by Gasteiger charge is 2.07. The Labute approximate surface area is 83.1 Å². The van der Waals surface area contributed by atoms with Crippen LogP contribution in [0.2, 0.25) is 0 Å². The highest BCUT2D eigenvalue weighted by atomic mass is 16.2. The van der Waals surface area contributed by atoms with Gasteiger partial charge in [-0.1, -0.05) is 32.0 Å². The SMILES string of the molecule is CC.NC(=O)C(=O)Nc1ccccc1. The molecule has 0 aliphatic heterocycles. The van der Waals surface area contributed by atoms with Crippen molar-refractivity contribution in [1.82, 2.24) is 0 Å². The van der Waals surface area contributed by atoms with Gasteiger partial charge in [0.1, 0.15) is 0 Å². The maximum Gasteiger partial charge on any atom is 0.313 e. The van der Waals surface area contributed by atoms with Crippen molar-refractivity contribution in [2.24, 2.45) is 5.73 Å². The van der Waals surface area contributed by atoms with E-state index in [1.165, 1.54) is 0 Å². The Morgan fingerprint density at radius 1 is 1.14 bits per heavy atom. The molecule has 0 unspecified atom stereocenters. The van der Waals surface area contributed by atoms with E-state index in [4.69, 9.17) is 5.73 Å². The van der Waals surface area contributed by atoms with Crippen molar-refractivity contribution in [1.29, 1.82) is 0 Å². The van der Waals surface area contributed by atoms with Crippen molar-refractivity contribution >= 4 is 17.5 Å². The highest BCUT2D eigenvalue weighted by Crippen LogP contribution is 2.03. The van der Waals surface area contributed by atoms with Gasteiger partial charge in [0.05, 0.1) is 0 Å². The molecule has 3 N–H and O–H groups in total. The minimum absolute atomic E-state index is 0.557. The summed E-state index contributed by atoms with van der Waals surface area (Å²) in [5.74, 6) is -1.79. The largest absolute Gasteiger partial charge is 0.361 e. The van der Waals surface area contributed by atoms with E-state index in [2.05, 4.69) is 5.32 Å². The van der Waals surface area contributed by atoms with Crippen LogP contribution in [0.1, 0.15) is 13.8 Å². The van der Waals surface area contributed by atoms with Gasteiger partial charge in [0, 0.05) is 5.69 Å². The van der Waals surface area contributed by atoms with Crippen LogP contribution in [-0.2, 0) is 9.59 Å². The lowest BCUT2D eigenvalue weighted by Gasteiger charge is -1.99. The quantitative estimate of drug-likeness (QED) is 0.658. The van der Waals surface area contributed by atoms with Crippen molar-refractivity contribution < 1.29 is 9.59 Å². The van der Waals surface area contributed by atoms with Crippen molar-refractivity contribution in [3.63, 3.8) is 0 Å². The lowest BCUT2D eigenvalue weighted by atomic mass is 10.3. The Kier molecular flexibility index (Phi) is 5.78. The van der Waals surface area contributed by atoms with E-state index in [0.29, 0.717) is 5.69 Å². The number of hydrogen-bond donors (Lipinski definition) is 2. The molecule has 1 aromatic rings. The number of nitrogens with one attached hydrogen (secondary N) is 1. The first kappa shape index (κ1) is 12.2. The summed E-state index contributed by atoms with van der Waals surface area (Å²) in [6.45, 7) is 4.00. The molecule has 0 saturated heterocycles. The summed E-state index contributed by atoms with van der Waals surface area (Å²) < 4.78 is 0. The molecule has 1 rings (SSSR count). The number of amides is 2. The number of carbonyl (C=O) groups excluding carboxylic acids is 2. The Hall–Kier alpha value is -1.84. The third kappa shape index (κ3) is 4.25. The molecule has 4 heteroatoms. The molecular weight excluding hydrogens is 180 g/mol. The predicted octanol–water partition coefficient (Wildman–Crippen LogP) is 1.14. The first-order valence-corrected chi connectivity index (χ1v) is 4.36. The second-order valence-corrected chi connectivity index (χ2v) is 2.18. The van der Waals surface area contributed by atoms with Crippen molar-refractivity contribution in [3.05, 3.63) is 30.3 Å². The van der Waals surface area contributed by atoms with Crippen molar-refractivity contribution in [3.8, 4) is 0 Å². The van der Waals surface area contributed by atoms with Gasteiger partial charge in [-0.2, -0.15) is 0 Å². The third-order valence-electron chi connectivity index (χ3n) is 1.26. The van der Waals surface area contributed by atoms with E-state index >= 15 is 0 Å². The van der Waals surface area contributed by atoms with Gasteiger partial charge in [-0.3, -0.25) is 9.59 Å². The summed E-state index contributed by atoms with van der Waals surface area (Å²) in [5.41, 5.74) is 5.29. The van der Waals surface area contributed by atoms with Gasteiger partial charge in [-0.15, -0.1) is 0 Å². The van der Waals surface area contributed by atoms with Gasteiger partial charge in [0.2, 0.25) is 0 Å². The Bertz CT molecular complexity index is 296. The van der Waals surface area contributed by atoms with Crippen LogP contribution in [0.4, 0.5) is 5.69 Å². The topological polar surface area (TPSA) is 72.2 Å². The van der Waals surface area contributed by atoms with E-state index < -0.39 is 11.8 Å². The Morgan fingerprint density at radius 3 is 2.07 bits per heavy atom. The molecule has 0 aromatic heterocycles. The zero-order valence-electron chi connectivity index (χ0n) is 8.28. The summed E-state index contributed by atoms with van der Waals surface area (Å²) >= 11 is 0. The van der Waals surface area contributed by atoms with E-state index in [-0.39, 0.29) is 0 Å². The smallest absolute Gasteiger partial charge is 0.313 e. The predicted molar refractivity (Wildman–Crippen MR) is 55.6 cm³/mol. The fraction of sp³-hybridized carbons (Fsp3) is 0.200. The minimum atomic E-state index is -0.987. The maximum absolute atomic E-state index is 10.7. The number of hydrogen-bond acceptors (Lipinski definition) is 2. The van der Waals surface area contributed by atoms with Crippen LogP contribution in [0.5, 0.6) is 0 Å². The van der Waals surface area contributed by atoms with Crippen LogP contribution in [0.25, 0.3) is 0 Å². The monoisotopic (exact) mass is 194 g/mol. The van der Waals surface area contributed by atoms with Gasteiger partial charge in [-0.25, -0.2) is 0 Å². The van der Waals surface area contributed by atoms with Crippen molar-refractivity contribution in [2.45, 2.75) is 13.8 Å². The fourth-order valence-electron chi connectivity index (χ4n) is 0.714. The molecule has 0 saturated carbocycles. The summed E-state index contributed by atoms with van der Waals surface area (Å²) in [6.07, 6.45) is 0. The number of nitrogens with two attached hydrogens (primary N) is 1. The molecule has 0 spiro atoms. The third-order valence-corrected chi connectivity index (χ3v) is 1.26. The zero-order valence-corrected chi connectivity index (χ0v) is 8.28. The van der Waals surface area contributed by atoms with Crippen LogP contribution in [0, 0.1) is 0 Å². The molecule has 2 amide bonds. The molecule has 0 aliphatic rings. The molecule has 4 nitrogen and oxygen atoms in total. The number of anilines is 1. The van der Waals surface area contributed by atoms with Gasteiger partial charge < -0.3 is 11.1 Å².